The predicted molar refractivity (Wildman–Crippen MR) is 82.4 cm³/mol. The summed E-state index contributed by atoms with van der Waals surface area (Å²) in [4.78, 5) is 28.4. The van der Waals surface area contributed by atoms with Crippen LogP contribution in [0.4, 0.5) is 0 Å². The Kier molecular flexibility index (Phi) is 3.99. The van der Waals surface area contributed by atoms with Crippen LogP contribution in [-0.2, 0) is 17.6 Å². The summed E-state index contributed by atoms with van der Waals surface area (Å²) < 4.78 is 0. The summed E-state index contributed by atoms with van der Waals surface area (Å²) in [6, 6.07) is 1.47. The zero-order chi connectivity index (χ0) is 15.0. The Bertz CT molecular complexity index is 546. The second-order valence-corrected chi connectivity index (χ2v) is 6.99. The molecule has 1 aliphatic heterocycles. The number of rotatable bonds is 2. The third-order valence-electron chi connectivity index (χ3n) is 4.35. The van der Waals surface area contributed by atoms with Gasteiger partial charge in [0.05, 0.1) is 4.88 Å². The number of aryl methyl sites for hydroxylation is 2. The van der Waals surface area contributed by atoms with Crippen molar-refractivity contribution in [2.75, 3.05) is 13.6 Å². The van der Waals surface area contributed by atoms with Gasteiger partial charge in [0.25, 0.3) is 5.91 Å². The molecule has 0 aromatic carbocycles. The van der Waals surface area contributed by atoms with Gasteiger partial charge in [-0.1, -0.05) is 0 Å². The molecule has 114 valence electrons. The van der Waals surface area contributed by atoms with Gasteiger partial charge in [-0.05, 0) is 43.7 Å². The molecule has 0 bridgehead atoms. The summed E-state index contributed by atoms with van der Waals surface area (Å²) in [5, 5.41) is 2.63. The fourth-order valence-electron chi connectivity index (χ4n) is 3.25. The molecular weight excluding hydrogens is 286 g/mol. The Hall–Kier alpha value is -1.40. The Balaban J connectivity index is 1.83. The first-order chi connectivity index (χ1) is 10.1. The highest BCUT2D eigenvalue weighted by Gasteiger charge is 2.38. The van der Waals surface area contributed by atoms with Crippen molar-refractivity contribution in [3.8, 4) is 0 Å². The topological polar surface area (TPSA) is 75.4 Å². The number of nitrogens with zero attached hydrogens (tertiary/aromatic N) is 1. The molecular formula is C15H21N3O2S. The average molecular weight is 307 g/mol. The maximum Gasteiger partial charge on any atom is 0.264 e. The van der Waals surface area contributed by atoms with Gasteiger partial charge in [0, 0.05) is 24.5 Å². The molecule has 2 amide bonds. The molecule has 0 unspecified atom stereocenters. The SMILES string of the molecule is CNC(=O)[C@@H]1C[C@@H](N)CN1C(=O)c1cc2c(s1)CCCC2. The summed E-state index contributed by atoms with van der Waals surface area (Å²) in [7, 11) is 1.60. The van der Waals surface area contributed by atoms with Gasteiger partial charge >= 0.3 is 0 Å². The van der Waals surface area contributed by atoms with Crippen LogP contribution in [0.1, 0.15) is 39.4 Å². The molecule has 1 aromatic heterocycles. The Morgan fingerprint density at radius 2 is 2.14 bits per heavy atom. The lowest BCUT2D eigenvalue weighted by atomic mass is 9.99. The van der Waals surface area contributed by atoms with Gasteiger partial charge in [-0.25, -0.2) is 0 Å². The van der Waals surface area contributed by atoms with Crippen molar-refractivity contribution < 1.29 is 9.59 Å². The fraction of sp³-hybridized carbons (Fsp3) is 0.600. The number of carbonyl (C=O) groups excluding carboxylic acids is 2. The van der Waals surface area contributed by atoms with Crippen molar-refractivity contribution in [3.05, 3.63) is 21.4 Å². The molecule has 1 saturated heterocycles. The van der Waals surface area contributed by atoms with Crippen molar-refractivity contribution in [1.82, 2.24) is 10.2 Å². The van der Waals surface area contributed by atoms with Crippen LogP contribution in [0.2, 0.25) is 0 Å². The number of hydrogen-bond acceptors (Lipinski definition) is 4. The Morgan fingerprint density at radius 1 is 1.38 bits per heavy atom. The molecule has 5 nitrogen and oxygen atoms in total. The zero-order valence-electron chi connectivity index (χ0n) is 12.2. The second-order valence-electron chi connectivity index (χ2n) is 5.85. The van der Waals surface area contributed by atoms with Gasteiger partial charge in [0.15, 0.2) is 0 Å². The van der Waals surface area contributed by atoms with Crippen molar-refractivity contribution in [3.63, 3.8) is 0 Å². The third kappa shape index (κ3) is 2.70. The lowest BCUT2D eigenvalue weighted by molar-refractivity contribution is -0.124. The van der Waals surface area contributed by atoms with Crippen LogP contribution < -0.4 is 11.1 Å². The molecule has 3 rings (SSSR count). The standard InChI is InChI=1S/C15H21N3O2S/c1-17-14(19)11-7-10(16)8-18(11)15(20)13-6-9-4-2-3-5-12(9)21-13/h6,10-11H,2-5,7-8,16H2,1H3,(H,17,19)/t10-,11+/m1/s1. The van der Waals surface area contributed by atoms with E-state index in [0.29, 0.717) is 13.0 Å². The van der Waals surface area contributed by atoms with Crippen molar-refractivity contribution in [1.29, 1.82) is 0 Å². The summed E-state index contributed by atoms with van der Waals surface area (Å²) in [6.07, 6.45) is 5.09. The van der Waals surface area contributed by atoms with Crippen molar-refractivity contribution in [2.45, 2.75) is 44.2 Å². The highest BCUT2D eigenvalue weighted by molar-refractivity contribution is 7.14. The minimum absolute atomic E-state index is 0.0454. The average Bonchev–Trinajstić information content (AvgIpc) is 3.09. The third-order valence-corrected chi connectivity index (χ3v) is 5.58. The Labute approximate surface area is 128 Å². The van der Waals surface area contributed by atoms with Crippen LogP contribution in [0.5, 0.6) is 0 Å². The van der Waals surface area contributed by atoms with E-state index in [4.69, 9.17) is 5.73 Å². The molecule has 1 aliphatic carbocycles. The molecule has 0 saturated carbocycles. The fourth-order valence-corrected chi connectivity index (χ4v) is 4.46. The van der Waals surface area contributed by atoms with Crippen LogP contribution >= 0.6 is 11.3 Å². The van der Waals surface area contributed by atoms with Crippen LogP contribution in [-0.4, -0.2) is 42.4 Å². The number of amides is 2. The normalized spacial score (nSPS) is 24.8. The van der Waals surface area contributed by atoms with Gasteiger partial charge < -0.3 is 16.0 Å². The van der Waals surface area contributed by atoms with Crippen LogP contribution in [0.3, 0.4) is 0 Å². The second kappa shape index (κ2) is 5.77. The number of nitrogens with two attached hydrogens (primary N) is 1. The first-order valence-corrected chi connectivity index (χ1v) is 8.31. The van der Waals surface area contributed by atoms with E-state index in [1.54, 1.807) is 23.3 Å². The number of hydrogen-bond donors (Lipinski definition) is 2. The molecule has 2 atom stereocenters. The molecule has 3 N–H and O–H groups in total. The zero-order valence-corrected chi connectivity index (χ0v) is 13.0. The van der Waals surface area contributed by atoms with Crippen LogP contribution in [0.25, 0.3) is 0 Å². The van der Waals surface area contributed by atoms with E-state index < -0.39 is 6.04 Å². The lowest BCUT2D eigenvalue weighted by Gasteiger charge is -2.22. The van der Waals surface area contributed by atoms with Crippen LogP contribution in [0.15, 0.2) is 6.07 Å². The minimum Gasteiger partial charge on any atom is -0.357 e. The molecule has 2 aliphatic rings. The summed E-state index contributed by atoms with van der Waals surface area (Å²) in [5.41, 5.74) is 7.27. The summed E-state index contributed by atoms with van der Waals surface area (Å²) >= 11 is 1.59. The predicted octanol–water partition coefficient (Wildman–Crippen LogP) is 0.915. The molecule has 2 heterocycles. The number of carbonyl (C=O) groups is 2. The van der Waals surface area contributed by atoms with E-state index in [2.05, 4.69) is 5.32 Å². The summed E-state index contributed by atoms with van der Waals surface area (Å²) in [5.74, 6) is -0.173. The molecule has 21 heavy (non-hydrogen) atoms. The van der Waals surface area contributed by atoms with E-state index in [1.807, 2.05) is 6.07 Å². The molecule has 0 radical (unpaired) electrons. The van der Waals surface area contributed by atoms with Gasteiger partial charge in [-0.3, -0.25) is 9.59 Å². The lowest BCUT2D eigenvalue weighted by Crippen LogP contribution is -2.44. The first-order valence-electron chi connectivity index (χ1n) is 7.50. The summed E-state index contributed by atoms with van der Waals surface area (Å²) in [6.45, 7) is 0.458. The largest absolute Gasteiger partial charge is 0.357 e. The van der Waals surface area contributed by atoms with Gasteiger partial charge in [0.2, 0.25) is 5.91 Å². The van der Waals surface area contributed by atoms with E-state index in [0.717, 1.165) is 17.7 Å². The smallest absolute Gasteiger partial charge is 0.264 e. The first kappa shape index (κ1) is 14.5. The Morgan fingerprint density at radius 3 is 2.86 bits per heavy atom. The van der Waals surface area contributed by atoms with E-state index in [1.165, 1.54) is 23.3 Å². The van der Waals surface area contributed by atoms with Crippen molar-refractivity contribution in [2.24, 2.45) is 5.73 Å². The monoisotopic (exact) mass is 307 g/mol. The number of thiophene rings is 1. The molecule has 0 spiro atoms. The van der Waals surface area contributed by atoms with Gasteiger partial charge in [-0.2, -0.15) is 0 Å². The number of likely N-dealkylation sites (tertiary alicyclic amines) is 1. The minimum atomic E-state index is -0.434. The van der Waals surface area contributed by atoms with Crippen LogP contribution in [0, 0.1) is 0 Å². The van der Waals surface area contributed by atoms with Gasteiger partial charge in [0.1, 0.15) is 6.04 Å². The van der Waals surface area contributed by atoms with Gasteiger partial charge in [-0.15, -0.1) is 11.3 Å². The molecule has 1 fully saturated rings. The molecule has 6 heteroatoms. The highest BCUT2D eigenvalue weighted by atomic mass is 32.1. The quantitative estimate of drug-likeness (QED) is 0.853. The van der Waals surface area contributed by atoms with E-state index in [-0.39, 0.29) is 17.9 Å². The number of likely N-dealkylation sites (N-methyl/N-ethyl adjacent to an activating group) is 1. The number of nitrogens with one attached hydrogen (secondary N) is 1. The highest BCUT2D eigenvalue weighted by Crippen LogP contribution is 2.31. The van der Waals surface area contributed by atoms with Crippen molar-refractivity contribution >= 4 is 23.2 Å². The van der Waals surface area contributed by atoms with E-state index >= 15 is 0 Å². The van der Waals surface area contributed by atoms with E-state index in [9.17, 15) is 9.59 Å². The number of fused-ring (bicyclic) bond motifs is 1. The molecule has 1 aromatic rings. The maximum atomic E-state index is 12.7. The maximum absolute atomic E-state index is 12.7.